The fourth-order valence-electron chi connectivity index (χ4n) is 9.65. The van der Waals surface area contributed by atoms with E-state index in [1.165, 1.54) is 32.1 Å². The summed E-state index contributed by atoms with van der Waals surface area (Å²) in [6.07, 6.45) is 9.03. The Hall–Kier alpha value is -1.34. The van der Waals surface area contributed by atoms with Crippen molar-refractivity contribution in [1.29, 1.82) is 0 Å². The largest absolute Gasteiger partial charge is 0.481 e. The molecule has 4 saturated carbocycles. The van der Waals surface area contributed by atoms with Crippen LogP contribution in [0.3, 0.4) is 0 Å². The first-order valence-corrected chi connectivity index (χ1v) is 14.1. The molecule has 0 aromatic heterocycles. The minimum atomic E-state index is -1.31. The molecule has 35 heavy (non-hydrogen) atoms. The molecular weight excluding hydrogens is 444 g/mol. The standard InChI is InChI=1S/C28H48N2O5/c1-17(2)16-30-28(15-18(3)31,35-25(29)34)27-14-12-21-20(22(27)10-11-23(27)24(32)33)9-8-19-7-5-6-13-26(19,21)4/h17-23,30-31H,5-16H2,1-4H3,(H2,29,34)(H,32,33)/t18?,19?,20-,21+,22+,23?,26+,27-,28?/m1/s1. The van der Waals surface area contributed by atoms with Gasteiger partial charge in [0.25, 0.3) is 0 Å². The van der Waals surface area contributed by atoms with Crippen LogP contribution in [0.1, 0.15) is 98.3 Å². The van der Waals surface area contributed by atoms with E-state index < -0.39 is 35.2 Å². The second-order valence-electron chi connectivity index (χ2n) is 13.0. The Kier molecular flexibility index (Phi) is 7.52. The predicted molar refractivity (Wildman–Crippen MR) is 134 cm³/mol. The van der Waals surface area contributed by atoms with Crippen LogP contribution in [0, 0.1) is 46.3 Å². The van der Waals surface area contributed by atoms with Gasteiger partial charge in [-0.05, 0) is 93.3 Å². The topological polar surface area (TPSA) is 122 Å². The van der Waals surface area contributed by atoms with Crippen molar-refractivity contribution in [3.05, 3.63) is 0 Å². The summed E-state index contributed by atoms with van der Waals surface area (Å²) in [6.45, 7) is 8.89. The van der Waals surface area contributed by atoms with E-state index in [4.69, 9.17) is 10.5 Å². The van der Waals surface area contributed by atoms with E-state index >= 15 is 0 Å². The minimum absolute atomic E-state index is 0.125. The quantitative estimate of drug-likeness (QED) is 0.357. The van der Waals surface area contributed by atoms with Gasteiger partial charge in [0.05, 0.1) is 12.0 Å². The monoisotopic (exact) mass is 492 g/mol. The van der Waals surface area contributed by atoms with Gasteiger partial charge in [-0.25, -0.2) is 4.79 Å². The molecule has 4 aliphatic rings. The summed E-state index contributed by atoms with van der Waals surface area (Å²) in [7, 11) is 0. The van der Waals surface area contributed by atoms with Gasteiger partial charge in [-0.1, -0.05) is 33.6 Å². The number of hydrogen-bond donors (Lipinski definition) is 4. The smallest absolute Gasteiger partial charge is 0.406 e. The third-order valence-corrected chi connectivity index (χ3v) is 10.8. The summed E-state index contributed by atoms with van der Waals surface area (Å²) in [5.74, 6) is 0.686. The second-order valence-corrected chi connectivity index (χ2v) is 13.0. The van der Waals surface area contributed by atoms with Crippen molar-refractivity contribution in [2.75, 3.05) is 6.54 Å². The lowest BCUT2D eigenvalue weighted by Crippen LogP contribution is -2.70. The Labute approximate surface area is 210 Å². The molecule has 4 aliphatic carbocycles. The van der Waals surface area contributed by atoms with Gasteiger partial charge in [-0.3, -0.25) is 10.1 Å². The van der Waals surface area contributed by atoms with E-state index in [-0.39, 0.29) is 18.3 Å². The number of ether oxygens (including phenoxy) is 1. The molecule has 0 saturated heterocycles. The Morgan fingerprint density at radius 1 is 1.06 bits per heavy atom. The average Bonchev–Trinajstić information content (AvgIpc) is 3.18. The highest BCUT2D eigenvalue weighted by Gasteiger charge is 2.71. The highest BCUT2D eigenvalue weighted by Crippen LogP contribution is 2.70. The first-order chi connectivity index (χ1) is 16.5. The molecule has 0 aromatic rings. The molecule has 4 fully saturated rings. The molecule has 0 heterocycles. The van der Waals surface area contributed by atoms with Crippen molar-refractivity contribution in [2.24, 2.45) is 52.1 Å². The number of aliphatic carboxylic acids is 1. The highest BCUT2D eigenvalue weighted by atomic mass is 16.6. The van der Waals surface area contributed by atoms with Crippen LogP contribution < -0.4 is 11.1 Å². The Morgan fingerprint density at radius 2 is 1.80 bits per heavy atom. The van der Waals surface area contributed by atoms with Crippen LogP contribution in [0.15, 0.2) is 0 Å². The number of nitrogens with one attached hydrogen (secondary N) is 1. The molecule has 9 atom stereocenters. The number of aliphatic hydroxyl groups excluding tert-OH is 1. The molecule has 5 N–H and O–H groups in total. The number of fused-ring (bicyclic) bond motifs is 5. The molecule has 4 rings (SSSR count). The van der Waals surface area contributed by atoms with Crippen molar-refractivity contribution >= 4 is 12.1 Å². The van der Waals surface area contributed by atoms with Gasteiger partial charge in [0, 0.05) is 18.4 Å². The maximum Gasteiger partial charge on any atom is 0.406 e. The number of primary amides is 1. The number of hydrogen-bond acceptors (Lipinski definition) is 5. The number of nitrogens with two attached hydrogens (primary N) is 1. The molecule has 4 unspecified atom stereocenters. The summed E-state index contributed by atoms with van der Waals surface area (Å²) in [5, 5.41) is 24.7. The van der Waals surface area contributed by atoms with Crippen molar-refractivity contribution in [3.63, 3.8) is 0 Å². The molecule has 0 aromatic carbocycles. The zero-order valence-corrected chi connectivity index (χ0v) is 22.2. The summed E-state index contributed by atoms with van der Waals surface area (Å²) in [6, 6.07) is 0. The molecule has 7 heteroatoms. The molecule has 0 radical (unpaired) electrons. The lowest BCUT2D eigenvalue weighted by Gasteiger charge is -2.64. The van der Waals surface area contributed by atoms with Crippen LogP contribution >= 0.6 is 0 Å². The SMILES string of the molecule is CC(C)CNC(CC(C)O)(OC(N)=O)[C@]12CC[C@H]3[C@@H](CCC4CCCC[C@@]43C)[C@@H]1CCC2C(=O)O. The molecule has 1 amide bonds. The van der Waals surface area contributed by atoms with Crippen LogP contribution in [-0.2, 0) is 9.53 Å². The highest BCUT2D eigenvalue weighted by molar-refractivity contribution is 5.72. The van der Waals surface area contributed by atoms with Crippen LogP contribution in [0.2, 0.25) is 0 Å². The van der Waals surface area contributed by atoms with Crippen molar-refractivity contribution in [1.82, 2.24) is 5.32 Å². The van der Waals surface area contributed by atoms with E-state index in [1.54, 1.807) is 6.92 Å². The van der Waals surface area contributed by atoms with Crippen LogP contribution in [0.4, 0.5) is 4.79 Å². The zero-order chi connectivity index (χ0) is 25.6. The summed E-state index contributed by atoms with van der Waals surface area (Å²) < 4.78 is 6.04. The van der Waals surface area contributed by atoms with Crippen molar-refractivity contribution in [3.8, 4) is 0 Å². The van der Waals surface area contributed by atoms with E-state index in [0.717, 1.165) is 25.2 Å². The maximum absolute atomic E-state index is 12.8. The fraction of sp³-hybridized carbons (Fsp3) is 0.929. The lowest BCUT2D eigenvalue weighted by atomic mass is 9.43. The normalized spacial score (nSPS) is 41.3. The molecular formula is C28H48N2O5. The van der Waals surface area contributed by atoms with Gasteiger partial charge in [0.15, 0.2) is 5.72 Å². The molecule has 0 spiro atoms. The second kappa shape index (κ2) is 9.85. The third kappa shape index (κ3) is 4.39. The van der Waals surface area contributed by atoms with Gasteiger partial charge in [-0.15, -0.1) is 0 Å². The first kappa shape index (κ1) is 26.7. The number of carbonyl (C=O) groups is 2. The number of carbonyl (C=O) groups excluding carboxylic acids is 1. The number of carboxylic acids is 1. The van der Waals surface area contributed by atoms with Crippen LogP contribution in [0.5, 0.6) is 0 Å². The van der Waals surface area contributed by atoms with Crippen molar-refractivity contribution in [2.45, 2.75) is 110 Å². The van der Waals surface area contributed by atoms with Crippen LogP contribution in [-0.4, -0.2) is 40.6 Å². The zero-order valence-electron chi connectivity index (χ0n) is 22.2. The summed E-state index contributed by atoms with van der Waals surface area (Å²) >= 11 is 0. The third-order valence-electron chi connectivity index (χ3n) is 10.8. The first-order valence-electron chi connectivity index (χ1n) is 14.1. The predicted octanol–water partition coefficient (Wildman–Crippen LogP) is 4.91. The van der Waals surface area contributed by atoms with E-state index in [1.807, 2.05) is 0 Å². The lowest BCUT2D eigenvalue weighted by molar-refractivity contribution is -0.220. The molecule has 7 nitrogen and oxygen atoms in total. The van der Waals surface area contributed by atoms with E-state index in [2.05, 4.69) is 26.1 Å². The molecule has 200 valence electrons. The Morgan fingerprint density at radius 3 is 2.43 bits per heavy atom. The minimum Gasteiger partial charge on any atom is -0.481 e. The number of aliphatic hydroxyl groups is 1. The molecule has 0 bridgehead atoms. The van der Waals surface area contributed by atoms with Gasteiger partial charge >= 0.3 is 12.1 Å². The summed E-state index contributed by atoms with van der Waals surface area (Å²) in [4.78, 5) is 25.2. The van der Waals surface area contributed by atoms with Gasteiger partial charge in [-0.2, -0.15) is 0 Å². The van der Waals surface area contributed by atoms with Gasteiger partial charge < -0.3 is 20.7 Å². The number of amides is 1. The van der Waals surface area contributed by atoms with Gasteiger partial charge in [0.2, 0.25) is 0 Å². The Bertz CT molecular complexity index is 802. The maximum atomic E-state index is 12.8. The van der Waals surface area contributed by atoms with Gasteiger partial charge in [0.1, 0.15) is 0 Å². The number of carboxylic acid groups (broad SMARTS) is 1. The fourth-order valence-corrected chi connectivity index (χ4v) is 9.65. The average molecular weight is 493 g/mol. The summed E-state index contributed by atoms with van der Waals surface area (Å²) in [5.41, 5.74) is 3.89. The molecule has 0 aliphatic heterocycles. The Balaban J connectivity index is 1.83. The van der Waals surface area contributed by atoms with Crippen molar-refractivity contribution < 1.29 is 24.5 Å². The van der Waals surface area contributed by atoms with E-state index in [0.29, 0.717) is 36.6 Å². The number of rotatable bonds is 8. The van der Waals surface area contributed by atoms with Crippen LogP contribution in [0.25, 0.3) is 0 Å². The van der Waals surface area contributed by atoms with E-state index in [9.17, 15) is 19.8 Å².